The van der Waals surface area contributed by atoms with Gasteiger partial charge in [0.25, 0.3) is 0 Å². The lowest BCUT2D eigenvalue weighted by Gasteiger charge is -2.07. The van der Waals surface area contributed by atoms with Crippen molar-refractivity contribution in [2.45, 2.75) is 6.18 Å². The average molecular weight is 216 g/mol. The molecule has 0 aliphatic carbocycles. The van der Waals surface area contributed by atoms with Gasteiger partial charge in [-0.1, -0.05) is 0 Å². The Hall–Kier alpha value is -1.72. The van der Waals surface area contributed by atoms with Crippen molar-refractivity contribution in [2.24, 2.45) is 7.05 Å². The van der Waals surface area contributed by atoms with Gasteiger partial charge < -0.3 is 9.55 Å². The molecule has 0 atom stereocenters. The van der Waals surface area contributed by atoms with Crippen molar-refractivity contribution in [3.63, 3.8) is 0 Å². The second kappa shape index (κ2) is 2.88. The number of aromatic nitrogens is 2. The molecule has 2 aromatic heterocycles. The van der Waals surface area contributed by atoms with Gasteiger partial charge in [0.15, 0.2) is 0 Å². The fourth-order valence-electron chi connectivity index (χ4n) is 1.50. The van der Waals surface area contributed by atoms with Gasteiger partial charge in [0.05, 0.1) is 5.56 Å². The van der Waals surface area contributed by atoms with E-state index in [1.807, 2.05) is 0 Å². The van der Waals surface area contributed by atoms with E-state index < -0.39 is 17.3 Å². The summed E-state index contributed by atoms with van der Waals surface area (Å²) in [4.78, 5) is 13.4. The van der Waals surface area contributed by atoms with Crippen LogP contribution in [0.3, 0.4) is 0 Å². The van der Waals surface area contributed by atoms with Crippen molar-refractivity contribution < 1.29 is 13.2 Å². The summed E-state index contributed by atoms with van der Waals surface area (Å²) in [6, 6.07) is 1.90. The molecule has 0 saturated heterocycles. The Morgan fingerprint density at radius 2 is 2.07 bits per heavy atom. The van der Waals surface area contributed by atoms with Gasteiger partial charge >= 0.3 is 6.18 Å². The molecule has 0 spiro atoms. The highest BCUT2D eigenvalue weighted by molar-refractivity contribution is 5.80. The van der Waals surface area contributed by atoms with Crippen LogP contribution in [0.15, 0.2) is 23.1 Å². The first-order valence-electron chi connectivity index (χ1n) is 4.15. The van der Waals surface area contributed by atoms with Crippen LogP contribution in [0.2, 0.25) is 0 Å². The number of hydrogen-bond acceptors (Lipinski definition) is 1. The number of halogens is 3. The van der Waals surface area contributed by atoms with E-state index in [1.165, 1.54) is 16.8 Å². The maximum Gasteiger partial charge on any atom is 0.417 e. The number of nitrogens with one attached hydrogen (secondary N) is 1. The van der Waals surface area contributed by atoms with E-state index in [-0.39, 0.29) is 11.0 Å². The summed E-state index contributed by atoms with van der Waals surface area (Å²) in [6.07, 6.45) is -3.04. The third-order valence-corrected chi connectivity index (χ3v) is 2.19. The molecular formula is C9H7F3N2O. The molecule has 0 aliphatic heterocycles. The summed E-state index contributed by atoms with van der Waals surface area (Å²) in [6.45, 7) is 0. The molecule has 80 valence electrons. The smallest absolute Gasteiger partial charge is 0.337 e. The molecule has 0 fully saturated rings. The molecule has 0 unspecified atom stereocenters. The number of fused-ring (bicyclic) bond motifs is 1. The van der Waals surface area contributed by atoms with Crippen molar-refractivity contribution in [1.82, 2.24) is 9.55 Å². The minimum Gasteiger partial charge on any atom is -0.337 e. The van der Waals surface area contributed by atoms with Gasteiger partial charge in [0, 0.05) is 24.7 Å². The number of pyridine rings is 1. The van der Waals surface area contributed by atoms with Crippen LogP contribution in [0.4, 0.5) is 13.2 Å². The molecule has 2 aromatic rings. The minimum absolute atomic E-state index is 0.00426. The summed E-state index contributed by atoms with van der Waals surface area (Å²) in [7, 11) is 1.57. The first-order chi connectivity index (χ1) is 6.89. The van der Waals surface area contributed by atoms with Crippen molar-refractivity contribution >= 4 is 11.0 Å². The average Bonchev–Trinajstić information content (AvgIpc) is 2.45. The number of rotatable bonds is 0. The van der Waals surface area contributed by atoms with E-state index in [4.69, 9.17) is 0 Å². The summed E-state index contributed by atoms with van der Waals surface area (Å²) in [5, 5.41) is 0.00426. The zero-order valence-corrected chi connectivity index (χ0v) is 7.72. The van der Waals surface area contributed by atoms with E-state index in [0.717, 1.165) is 0 Å². The summed E-state index contributed by atoms with van der Waals surface area (Å²) in [5.74, 6) is 0. The molecule has 0 radical (unpaired) electrons. The standard InChI is InChI=1S/C9H7F3N2O/c1-14-3-2-5-6(9(10,11)12)4-7(15)13-8(5)14/h2-4H,1H3,(H,13,15). The zero-order valence-electron chi connectivity index (χ0n) is 7.72. The molecule has 2 heterocycles. The maximum atomic E-state index is 12.5. The largest absolute Gasteiger partial charge is 0.417 e. The predicted octanol–water partition coefficient (Wildman–Crippen LogP) is 1.89. The Kier molecular flexibility index (Phi) is 1.89. The van der Waals surface area contributed by atoms with Gasteiger partial charge in [-0.05, 0) is 6.07 Å². The van der Waals surface area contributed by atoms with E-state index >= 15 is 0 Å². The van der Waals surface area contributed by atoms with Gasteiger partial charge in [-0.15, -0.1) is 0 Å². The van der Waals surface area contributed by atoms with Crippen molar-refractivity contribution in [2.75, 3.05) is 0 Å². The molecule has 15 heavy (non-hydrogen) atoms. The number of aromatic amines is 1. The predicted molar refractivity (Wildman–Crippen MR) is 48.5 cm³/mol. The van der Waals surface area contributed by atoms with Crippen LogP contribution < -0.4 is 5.56 Å². The van der Waals surface area contributed by atoms with E-state index in [2.05, 4.69) is 4.98 Å². The van der Waals surface area contributed by atoms with Gasteiger partial charge in [-0.25, -0.2) is 0 Å². The number of alkyl halides is 3. The Bertz CT molecular complexity index is 565. The first-order valence-corrected chi connectivity index (χ1v) is 4.15. The monoisotopic (exact) mass is 216 g/mol. The summed E-state index contributed by atoms with van der Waals surface area (Å²) in [5.41, 5.74) is -1.48. The number of H-pyrrole nitrogens is 1. The maximum absolute atomic E-state index is 12.5. The topological polar surface area (TPSA) is 37.8 Å². The highest BCUT2D eigenvalue weighted by atomic mass is 19.4. The normalized spacial score (nSPS) is 12.3. The Labute approximate surface area is 82.1 Å². The van der Waals surface area contributed by atoms with Crippen LogP contribution >= 0.6 is 0 Å². The van der Waals surface area contributed by atoms with Crippen LogP contribution in [-0.2, 0) is 13.2 Å². The Morgan fingerprint density at radius 3 is 2.67 bits per heavy atom. The van der Waals surface area contributed by atoms with E-state index in [1.54, 1.807) is 7.05 Å². The number of nitrogens with zero attached hydrogens (tertiary/aromatic N) is 1. The first kappa shape index (κ1) is 9.82. The minimum atomic E-state index is -4.51. The zero-order chi connectivity index (χ0) is 11.2. The van der Waals surface area contributed by atoms with Gasteiger partial charge in [0.2, 0.25) is 5.56 Å². The highest BCUT2D eigenvalue weighted by Crippen LogP contribution is 2.33. The van der Waals surface area contributed by atoms with Crippen molar-refractivity contribution in [3.05, 3.63) is 34.2 Å². The Morgan fingerprint density at radius 1 is 1.40 bits per heavy atom. The fourth-order valence-corrected chi connectivity index (χ4v) is 1.50. The lowest BCUT2D eigenvalue weighted by Crippen LogP contribution is -2.14. The van der Waals surface area contributed by atoms with Gasteiger partial charge in [-0.3, -0.25) is 4.79 Å². The lowest BCUT2D eigenvalue weighted by molar-refractivity contribution is -0.136. The van der Waals surface area contributed by atoms with Crippen LogP contribution in [0.5, 0.6) is 0 Å². The van der Waals surface area contributed by atoms with Gasteiger partial charge in [-0.2, -0.15) is 13.2 Å². The number of hydrogen-bond donors (Lipinski definition) is 1. The SMILES string of the molecule is Cn1ccc2c(C(F)(F)F)cc(=O)[nH]c21. The van der Waals surface area contributed by atoms with Crippen LogP contribution in [-0.4, -0.2) is 9.55 Å². The molecular weight excluding hydrogens is 209 g/mol. The van der Waals surface area contributed by atoms with Crippen LogP contribution in [0.25, 0.3) is 11.0 Å². The van der Waals surface area contributed by atoms with Crippen LogP contribution in [0, 0.1) is 0 Å². The molecule has 0 aliphatic rings. The quantitative estimate of drug-likeness (QED) is 0.717. The summed E-state index contributed by atoms with van der Waals surface area (Å²) < 4.78 is 39.1. The summed E-state index contributed by atoms with van der Waals surface area (Å²) >= 11 is 0. The third-order valence-electron chi connectivity index (χ3n) is 2.19. The van der Waals surface area contributed by atoms with Crippen molar-refractivity contribution in [3.8, 4) is 0 Å². The molecule has 6 heteroatoms. The second-order valence-electron chi connectivity index (χ2n) is 3.23. The Balaban J connectivity index is 2.90. The lowest BCUT2D eigenvalue weighted by atomic mass is 10.2. The van der Waals surface area contributed by atoms with Crippen molar-refractivity contribution in [1.29, 1.82) is 0 Å². The molecule has 2 rings (SSSR count). The number of aryl methyl sites for hydroxylation is 1. The molecule has 3 nitrogen and oxygen atoms in total. The van der Waals surface area contributed by atoms with E-state index in [9.17, 15) is 18.0 Å². The highest BCUT2D eigenvalue weighted by Gasteiger charge is 2.33. The molecule has 0 amide bonds. The van der Waals surface area contributed by atoms with Gasteiger partial charge in [0.1, 0.15) is 5.65 Å². The third kappa shape index (κ3) is 1.51. The van der Waals surface area contributed by atoms with Crippen LogP contribution in [0.1, 0.15) is 5.56 Å². The molecule has 0 saturated carbocycles. The second-order valence-corrected chi connectivity index (χ2v) is 3.23. The molecule has 1 N–H and O–H groups in total. The molecule has 0 bridgehead atoms. The fraction of sp³-hybridized carbons (Fsp3) is 0.222. The molecule has 0 aromatic carbocycles. The van der Waals surface area contributed by atoms with E-state index in [0.29, 0.717) is 6.07 Å².